The van der Waals surface area contributed by atoms with Crippen LogP contribution in [0.1, 0.15) is 5.56 Å². The molecule has 0 saturated carbocycles. The van der Waals surface area contributed by atoms with E-state index in [0.29, 0.717) is 5.75 Å². The number of aromatic nitrogens is 2. The number of rotatable bonds is 7. The largest absolute Gasteiger partial charge is 0.386 e. The number of aryl methyl sites for hydroxylation is 1. The van der Waals surface area contributed by atoms with Crippen LogP contribution < -0.4 is 10.2 Å². The van der Waals surface area contributed by atoms with Crippen LogP contribution in [0.15, 0.2) is 28.6 Å². The molecular weight excluding hydrogens is 344 g/mol. The van der Waals surface area contributed by atoms with Crippen molar-refractivity contribution in [3.63, 3.8) is 0 Å². The Labute approximate surface area is 150 Å². The molecule has 6 nitrogen and oxygen atoms in total. The van der Waals surface area contributed by atoms with Crippen molar-refractivity contribution in [3.8, 4) is 0 Å². The monoisotopic (exact) mass is 367 g/mol. The smallest absolute Gasteiger partial charge is 0.210 e. The molecule has 24 heavy (non-hydrogen) atoms. The lowest BCUT2D eigenvalue weighted by molar-refractivity contribution is -0.910. The van der Waals surface area contributed by atoms with E-state index in [1.165, 1.54) is 21.8 Å². The lowest BCUT2D eigenvalue weighted by Gasteiger charge is -2.25. The fourth-order valence-electron chi connectivity index (χ4n) is 2.59. The number of aliphatic hydroxyl groups is 1. The number of ether oxygens (including phenoxy) is 1. The van der Waals surface area contributed by atoms with Crippen LogP contribution in [-0.4, -0.2) is 60.0 Å². The van der Waals surface area contributed by atoms with E-state index in [2.05, 4.69) is 34.6 Å². The highest BCUT2D eigenvalue weighted by atomic mass is 32.2. The van der Waals surface area contributed by atoms with Gasteiger partial charge < -0.3 is 20.1 Å². The van der Waals surface area contributed by atoms with Crippen molar-refractivity contribution >= 4 is 33.9 Å². The van der Waals surface area contributed by atoms with Crippen LogP contribution >= 0.6 is 23.1 Å². The SMILES string of the molecule is Cc1cccc(Nc2nnc(SC[C@H](O)C[NH+]3CCOCC3)s2)c1. The maximum atomic E-state index is 10.2. The van der Waals surface area contributed by atoms with E-state index in [0.717, 1.165) is 48.0 Å². The molecule has 8 heteroatoms. The molecule has 3 N–H and O–H groups in total. The topological polar surface area (TPSA) is 71.7 Å². The van der Waals surface area contributed by atoms with Crippen LogP contribution in [0.25, 0.3) is 0 Å². The maximum Gasteiger partial charge on any atom is 0.210 e. The van der Waals surface area contributed by atoms with E-state index in [-0.39, 0.29) is 6.10 Å². The Kier molecular flexibility index (Phi) is 6.44. The van der Waals surface area contributed by atoms with Gasteiger partial charge in [-0.05, 0) is 24.6 Å². The number of benzene rings is 1. The van der Waals surface area contributed by atoms with Gasteiger partial charge in [-0.3, -0.25) is 0 Å². The second-order valence-electron chi connectivity index (χ2n) is 5.90. The average molecular weight is 368 g/mol. The Hall–Kier alpha value is -1.19. The van der Waals surface area contributed by atoms with E-state index in [9.17, 15) is 5.11 Å². The Morgan fingerprint density at radius 1 is 1.38 bits per heavy atom. The van der Waals surface area contributed by atoms with E-state index in [4.69, 9.17) is 4.74 Å². The highest BCUT2D eigenvalue weighted by molar-refractivity contribution is 8.01. The number of hydrogen-bond acceptors (Lipinski definition) is 7. The fraction of sp³-hybridized carbons (Fsp3) is 0.500. The van der Waals surface area contributed by atoms with Crippen LogP contribution in [0.3, 0.4) is 0 Å². The van der Waals surface area contributed by atoms with Crippen molar-refractivity contribution in [1.29, 1.82) is 0 Å². The molecule has 0 radical (unpaired) electrons. The third-order valence-electron chi connectivity index (χ3n) is 3.80. The number of aliphatic hydroxyl groups excluding tert-OH is 1. The van der Waals surface area contributed by atoms with Gasteiger partial charge in [0.2, 0.25) is 5.13 Å². The standard InChI is InChI=1S/C16H22N4O2S2/c1-12-3-2-4-13(9-12)17-15-18-19-16(24-15)23-11-14(21)10-20-5-7-22-8-6-20/h2-4,9,14,21H,5-8,10-11H2,1H3,(H,17,18)/p+1/t14-/m1/s1. The molecular formula is C16H23N4O2S2+. The van der Waals surface area contributed by atoms with E-state index >= 15 is 0 Å². The second-order valence-corrected chi connectivity index (χ2v) is 8.14. The van der Waals surface area contributed by atoms with Crippen molar-refractivity contribution in [2.75, 3.05) is 43.9 Å². The first-order chi connectivity index (χ1) is 11.7. The molecule has 1 atom stereocenters. The molecule has 1 saturated heterocycles. The van der Waals surface area contributed by atoms with Crippen LogP contribution in [0, 0.1) is 6.92 Å². The van der Waals surface area contributed by atoms with Crippen molar-refractivity contribution < 1.29 is 14.7 Å². The maximum absolute atomic E-state index is 10.2. The molecule has 0 spiro atoms. The van der Waals surface area contributed by atoms with Crippen LogP contribution in [0.4, 0.5) is 10.8 Å². The summed E-state index contributed by atoms with van der Waals surface area (Å²) in [4.78, 5) is 1.41. The molecule has 0 bridgehead atoms. The summed E-state index contributed by atoms with van der Waals surface area (Å²) in [6, 6.07) is 8.16. The number of nitrogens with one attached hydrogen (secondary N) is 2. The Morgan fingerprint density at radius 3 is 3.00 bits per heavy atom. The number of quaternary nitrogens is 1. The molecule has 1 aliphatic heterocycles. The summed E-state index contributed by atoms with van der Waals surface area (Å²) in [5.41, 5.74) is 2.21. The summed E-state index contributed by atoms with van der Waals surface area (Å²) in [5.74, 6) is 0.642. The van der Waals surface area contributed by atoms with E-state index < -0.39 is 0 Å². The van der Waals surface area contributed by atoms with Gasteiger partial charge in [-0.25, -0.2) is 0 Å². The third-order valence-corrected chi connectivity index (χ3v) is 5.92. The molecule has 2 aromatic rings. The molecule has 1 aromatic carbocycles. The predicted octanol–water partition coefficient (Wildman–Crippen LogP) is 0.958. The first kappa shape index (κ1) is 17.6. The van der Waals surface area contributed by atoms with Crippen LogP contribution in [0.2, 0.25) is 0 Å². The minimum Gasteiger partial charge on any atom is -0.386 e. The summed E-state index contributed by atoms with van der Waals surface area (Å²) < 4.78 is 6.21. The van der Waals surface area contributed by atoms with E-state index in [1.807, 2.05) is 12.1 Å². The van der Waals surface area contributed by atoms with Gasteiger partial charge in [0.1, 0.15) is 25.7 Å². The average Bonchev–Trinajstić information content (AvgIpc) is 3.01. The zero-order chi connectivity index (χ0) is 16.8. The normalized spacial score (nSPS) is 16.9. The molecule has 130 valence electrons. The molecule has 0 amide bonds. The molecule has 0 aliphatic carbocycles. The molecule has 1 aliphatic rings. The fourth-order valence-corrected chi connectivity index (χ4v) is 4.31. The minimum absolute atomic E-state index is 0.333. The van der Waals surface area contributed by atoms with Gasteiger partial charge in [0.25, 0.3) is 0 Å². The number of nitrogens with zero attached hydrogens (tertiary/aromatic N) is 2. The zero-order valence-electron chi connectivity index (χ0n) is 13.7. The van der Waals surface area contributed by atoms with Gasteiger partial charge in [-0.15, -0.1) is 10.2 Å². The second kappa shape index (κ2) is 8.77. The lowest BCUT2D eigenvalue weighted by Crippen LogP contribution is -3.15. The predicted molar refractivity (Wildman–Crippen MR) is 97.5 cm³/mol. The number of morpholine rings is 1. The minimum atomic E-state index is -0.333. The lowest BCUT2D eigenvalue weighted by atomic mass is 10.2. The van der Waals surface area contributed by atoms with Gasteiger partial charge >= 0.3 is 0 Å². The highest BCUT2D eigenvalue weighted by Crippen LogP contribution is 2.28. The van der Waals surface area contributed by atoms with Gasteiger partial charge in [0.05, 0.1) is 13.2 Å². The van der Waals surface area contributed by atoms with Crippen LogP contribution in [0.5, 0.6) is 0 Å². The number of hydrogen-bond donors (Lipinski definition) is 3. The van der Waals surface area contributed by atoms with Crippen molar-refractivity contribution in [2.45, 2.75) is 17.4 Å². The van der Waals surface area contributed by atoms with Crippen molar-refractivity contribution in [1.82, 2.24) is 10.2 Å². The molecule has 1 aromatic heterocycles. The molecule has 3 rings (SSSR count). The van der Waals surface area contributed by atoms with Crippen molar-refractivity contribution in [2.24, 2.45) is 0 Å². The Morgan fingerprint density at radius 2 is 2.21 bits per heavy atom. The zero-order valence-corrected chi connectivity index (χ0v) is 15.3. The van der Waals surface area contributed by atoms with Gasteiger partial charge in [-0.1, -0.05) is 35.2 Å². The summed E-state index contributed by atoms with van der Waals surface area (Å²) in [7, 11) is 0. The van der Waals surface area contributed by atoms with E-state index in [1.54, 1.807) is 11.8 Å². The van der Waals surface area contributed by atoms with Gasteiger partial charge in [-0.2, -0.15) is 0 Å². The quantitative estimate of drug-likeness (QED) is 0.633. The Balaban J connectivity index is 1.45. The number of anilines is 2. The summed E-state index contributed by atoms with van der Waals surface area (Å²) >= 11 is 3.08. The highest BCUT2D eigenvalue weighted by Gasteiger charge is 2.19. The van der Waals surface area contributed by atoms with Gasteiger partial charge in [0, 0.05) is 11.4 Å². The van der Waals surface area contributed by atoms with Crippen LogP contribution in [-0.2, 0) is 4.74 Å². The first-order valence-electron chi connectivity index (χ1n) is 8.08. The van der Waals surface area contributed by atoms with Crippen molar-refractivity contribution in [3.05, 3.63) is 29.8 Å². The molecule has 2 heterocycles. The Bertz CT molecular complexity index is 647. The van der Waals surface area contributed by atoms with Gasteiger partial charge in [0.15, 0.2) is 4.34 Å². The summed E-state index contributed by atoms with van der Waals surface area (Å²) in [5, 5.41) is 22.6. The first-order valence-corrected chi connectivity index (χ1v) is 9.88. The molecule has 0 unspecified atom stereocenters. The summed E-state index contributed by atoms with van der Waals surface area (Å²) in [6.45, 7) is 6.36. The third kappa shape index (κ3) is 5.42. The molecule has 1 fully saturated rings. The number of thioether (sulfide) groups is 1. The summed E-state index contributed by atoms with van der Waals surface area (Å²) in [6.07, 6.45) is -0.333.